The lowest BCUT2D eigenvalue weighted by molar-refractivity contribution is -0.117. The Labute approximate surface area is 216 Å². The fourth-order valence-electron chi connectivity index (χ4n) is 5.44. The van der Waals surface area contributed by atoms with Crippen molar-refractivity contribution in [3.63, 3.8) is 0 Å². The van der Waals surface area contributed by atoms with Crippen molar-refractivity contribution in [2.24, 2.45) is 10.4 Å². The highest BCUT2D eigenvalue weighted by atomic mass is 19.1. The predicted molar refractivity (Wildman–Crippen MR) is 139 cm³/mol. The van der Waals surface area contributed by atoms with Gasteiger partial charge in [0, 0.05) is 31.7 Å². The second kappa shape index (κ2) is 10.9. The number of aryl methyl sites for hydroxylation is 1. The van der Waals surface area contributed by atoms with Crippen LogP contribution in [0.4, 0.5) is 31.9 Å². The summed E-state index contributed by atoms with van der Waals surface area (Å²) in [5, 5.41) is 16.4. The summed E-state index contributed by atoms with van der Waals surface area (Å²) in [6.07, 6.45) is 6.28. The first kappa shape index (κ1) is 26.6. The Bertz CT molecular complexity index is 1160. The highest BCUT2D eigenvalue weighted by Gasteiger charge is 2.43. The number of carbonyl (C=O) groups is 1. The number of benzene rings is 1. The number of hydrogen-bond acceptors (Lipinski definition) is 8. The maximum absolute atomic E-state index is 15.0. The molecule has 2 aliphatic rings. The van der Waals surface area contributed by atoms with Crippen LogP contribution in [0.2, 0.25) is 0 Å². The molecule has 2 saturated heterocycles. The van der Waals surface area contributed by atoms with Crippen LogP contribution in [0.15, 0.2) is 28.8 Å². The van der Waals surface area contributed by atoms with Gasteiger partial charge in [-0.15, -0.1) is 0 Å². The van der Waals surface area contributed by atoms with Crippen molar-refractivity contribution in [3.8, 4) is 0 Å². The summed E-state index contributed by atoms with van der Waals surface area (Å²) in [7, 11) is 3.10. The Morgan fingerprint density at radius 3 is 2.76 bits per heavy atom. The number of halogens is 2. The van der Waals surface area contributed by atoms with E-state index in [1.165, 1.54) is 24.5 Å². The third kappa shape index (κ3) is 5.95. The van der Waals surface area contributed by atoms with E-state index in [0.717, 1.165) is 37.0 Å². The van der Waals surface area contributed by atoms with Crippen LogP contribution < -0.4 is 15.6 Å². The van der Waals surface area contributed by atoms with Crippen LogP contribution in [0.25, 0.3) is 0 Å². The van der Waals surface area contributed by atoms with E-state index in [9.17, 15) is 13.6 Å². The Morgan fingerprint density at radius 2 is 2.03 bits per heavy atom. The van der Waals surface area contributed by atoms with E-state index in [-0.39, 0.29) is 29.0 Å². The minimum atomic E-state index is -0.556. The number of anilines is 4. The zero-order valence-electron chi connectivity index (χ0n) is 22.0. The number of aromatic nitrogens is 2. The van der Waals surface area contributed by atoms with Crippen molar-refractivity contribution in [3.05, 3.63) is 35.5 Å². The maximum Gasteiger partial charge on any atom is 0.231 e. The van der Waals surface area contributed by atoms with Gasteiger partial charge in [0.15, 0.2) is 11.6 Å². The average Bonchev–Trinajstić information content (AvgIpc) is 3.34. The van der Waals surface area contributed by atoms with E-state index in [1.807, 2.05) is 6.92 Å². The molecule has 0 radical (unpaired) electrons. The van der Waals surface area contributed by atoms with Crippen LogP contribution in [0.5, 0.6) is 0 Å². The highest BCUT2D eigenvalue weighted by Crippen LogP contribution is 2.38. The van der Waals surface area contributed by atoms with Gasteiger partial charge in [0.1, 0.15) is 5.82 Å². The van der Waals surface area contributed by atoms with Crippen LogP contribution in [0, 0.1) is 11.6 Å². The molecule has 37 heavy (non-hydrogen) atoms. The largest absolute Gasteiger partial charge is 0.365 e. The lowest BCUT2D eigenvalue weighted by atomic mass is 9.84. The van der Waals surface area contributed by atoms with Crippen molar-refractivity contribution in [2.75, 3.05) is 36.3 Å². The van der Waals surface area contributed by atoms with E-state index in [1.54, 1.807) is 13.1 Å². The molecule has 1 aromatic heterocycles. The normalized spacial score (nSPS) is 21.1. The lowest BCUT2D eigenvalue weighted by Gasteiger charge is -2.47. The fraction of sp³-hybridized carbons (Fsp3) is 0.560. The number of piperidine rings is 1. The van der Waals surface area contributed by atoms with Crippen molar-refractivity contribution < 1.29 is 13.6 Å². The molecule has 0 aliphatic carbocycles. The molecule has 4 rings (SSSR count). The van der Waals surface area contributed by atoms with Gasteiger partial charge in [0.2, 0.25) is 12.4 Å². The first-order valence-corrected chi connectivity index (χ1v) is 12.6. The molecule has 3 heterocycles. The van der Waals surface area contributed by atoms with Crippen LogP contribution in [-0.2, 0) is 11.2 Å². The van der Waals surface area contributed by atoms with Gasteiger partial charge in [-0.3, -0.25) is 9.69 Å². The number of amides is 1. The van der Waals surface area contributed by atoms with E-state index in [4.69, 9.17) is 0 Å². The van der Waals surface area contributed by atoms with Gasteiger partial charge >= 0.3 is 0 Å². The van der Waals surface area contributed by atoms with Crippen LogP contribution in [0.1, 0.15) is 52.0 Å². The van der Waals surface area contributed by atoms with Gasteiger partial charge in [-0.25, -0.2) is 23.8 Å². The Balaban J connectivity index is 1.54. The molecule has 0 bridgehead atoms. The van der Waals surface area contributed by atoms with Crippen LogP contribution in [-0.4, -0.2) is 64.5 Å². The number of fused-ring (bicyclic) bond motifs is 1. The smallest absolute Gasteiger partial charge is 0.231 e. The van der Waals surface area contributed by atoms with Gasteiger partial charge in [-0.1, -0.05) is 6.92 Å². The minimum absolute atomic E-state index is 0.0200. The second-order valence-electron chi connectivity index (χ2n) is 10.3. The SMILES string of the molecule is CCc1cc(F)c(Nc2ncc(F)c(N[C@@H]3C[C@@H]4CCCN4C(C)(C)C3)n2)cc1N(C)/N=N\N(C)C=O. The minimum Gasteiger partial charge on any atom is -0.365 e. The monoisotopic (exact) mass is 515 g/mol. The summed E-state index contributed by atoms with van der Waals surface area (Å²) in [5.74, 6) is -0.896. The standard InChI is InChI=1S/C25H35F2N9O/c1-6-16-10-19(26)21(12-22(16)35(5)33-32-34(4)15-37)30-24-28-14-20(27)23(31-24)29-17-11-18-8-7-9-36(18)25(2,3)13-17/h10,12,14-15,17-18H,6-9,11,13H2,1-5H3,(H2,28,29,30,31)/b33-32-/t17-,18+/m1/s1. The highest BCUT2D eigenvalue weighted by molar-refractivity contribution is 5.66. The second-order valence-corrected chi connectivity index (χ2v) is 10.3. The first-order chi connectivity index (χ1) is 17.6. The Hall–Kier alpha value is -3.41. The lowest BCUT2D eigenvalue weighted by Crippen LogP contribution is -2.55. The molecule has 200 valence electrons. The quantitative estimate of drug-likeness (QED) is 0.284. The van der Waals surface area contributed by atoms with Gasteiger partial charge in [0.05, 0.1) is 17.6 Å². The van der Waals surface area contributed by atoms with E-state index in [0.29, 0.717) is 30.1 Å². The molecular weight excluding hydrogens is 480 g/mol. The number of rotatable bonds is 9. The average molecular weight is 516 g/mol. The molecule has 1 aromatic carbocycles. The maximum atomic E-state index is 15.0. The molecule has 0 saturated carbocycles. The first-order valence-electron chi connectivity index (χ1n) is 12.6. The van der Waals surface area contributed by atoms with Crippen LogP contribution >= 0.6 is 0 Å². The van der Waals surface area contributed by atoms with Gasteiger partial charge in [-0.2, -0.15) is 4.98 Å². The summed E-state index contributed by atoms with van der Waals surface area (Å²) in [6.45, 7) is 7.47. The van der Waals surface area contributed by atoms with E-state index in [2.05, 4.69) is 49.8 Å². The van der Waals surface area contributed by atoms with Crippen molar-refractivity contribution in [1.82, 2.24) is 19.9 Å². The van der Waals surface area contributed by atoms with Gasteiger partial charge < -0.3 is 10.6 Å². The summed E-state index contributed by atoms with van der Waals surface area (Å²) in [5.41, 5.74) is 1.41. The molecular formula is C25H35F2N9O. The zero-order chi connectivity index (χ0) is 26.7. The molecule has 0 spiro atoms. The fourth-order valence-corrected chi connectivity index (χ4v) is 5.44. The molecule has 0 unspecified atom stereocenters. The van der Waals surface area contributed by atoms with Gasteiger partial charge in [-0.05, 0) is 80.6 Å². The molecule has 2 atom stereocenters. The zero-order valence-corrected chi connectivity index (χ0v) is 22.0. The van der Waals surface area contributed by atoms with Crippen LogP contribution in [0.3, 0.4) is 0 Å². The summed E-state index contributed by atoms with van der Waals surface area (Å²) >= 11 is 0. The predicted octanol–water partition coefficient (Wildman–Crippen LogP) is 4.68. The van der Waals surface area contributed by atoms with Gasteiger partial charge in [0.25, 0.3) is 0 Å². The summed E-state index contributed by atoms with van der Waals surface area (Å²) < 4.78 is 29.7. The Kier molecular flexibility index (Phi) is 7.86. The van der Waals surface area contributed by atoms with E-state index < -0.39 is 11.6 Å². The molecule has 1 amide bonds. The topological polar surface area (TPSA) is 101 Å². The number of nitrogens with one attached hydrogen (secondary N) is 2. The Morgan fingerprint density at radius 1 is 1.24 bits per heavy atom. The van der Waals surface area contributed by atoms with Crippen molar-refractivity contribution >= 4 is 29.6 Å². The number of carbonyl (C=O) groups excluding carboxylic acids is 1. The van der Waals surface area contributed by atoms with Crippen molar-refractivity contribution in [2.45, 2.75) is 70.5 Å². The molecule has 2 aromatic rings. The molecule has 10 nitrogen and oxygen atoms in total. The third-order valence-corrected chi connectivity index (χ3v) is 7.15. The third-order valence-electron chi connectivity index (χ3n) is 7.15. The van der Waals surface area contributed by atoms with Crippen molar-refractivity contribution in [1.29, 1.82) is 0 Å². The molecule has 2 N–H and O–H groups in total. The summed E-state index contributed by atoms with van der Waals surface area (Å²) in [4.78, 5) is 21.7. The number of hydrogen-bond donors (Lipinski definition) is 2. The summed E-state index contributed by atoms with van der Waals surface area (Å²) in [6, 6.07) is 3.51. The van der Waals surface area contributed by atoms with E-state index >= 15 is 0 Å². The molecule has 12 heteroatoms. The molecule has 2 aliphatic heterocycles. The number of nitrogens with zero attached hydrogens (tertiary/aromatic N) is 7. The molecule has 2 fully saturated rings.